The molecule has 126 valence electrons. The molecule has 0 aliphatic carbocycles. The molecule has 0 radical (unpaired) electrons. The van der Waals surface area contributed by atoms with Crippen LogP contribution in [0.4, 0.5) is 4.79 Å². The number of amides is 2. The highest BCUT2D eigenvalue weighted by Gasteiger charge is 2.24. The predicted molar refractivity (Wildman–Crippen MR) is 80.3 cm³/mol. The fraction of sp³-hybridized carbons (Fsp3) is 0.400. The lowest BCUT2D eigenvalue weighted by molar-refractivity contribution is -0.144. The van der Waals surface area contributed by atoms with Gasteiger partial charge in [0.05, 0.1) is 13.7 Å². The molecule has 3 N–H and O–H groups in total. The minimum Gasteiger partial charge on any atom is -0.467 e. The van der Waals surface area contributed by atoms with Gasteiger partial charge in [0.25, 0.3) is 0 Å². The third kappa shape index (κ3) is 6.35. The fourth-order valence-electron chi connectivity index (χ4n) is 1.65. The SMILES string of the molecule is COC(=O)[C@@H](C)NC(=O)[C@@H](CO)NC(=O)OCc1ccccc1. The normalized spacial score (nSPS) is 12.7. The number of carbonyl (C=O) groups is 3. The summed E-state index contributed by atoms with van der Waals surface area (Å²) in [5.74, 6) is -1.36. The van der Waals surface area contributed by atoms with Gasteiger partial charge in [-0.2, -0.15) is 0 Å². The quantitative estimate of drug-likeness (QED) is 0.606. The van der Waals surface area contributed by atoms with Gasteiger partial charge < -0.3 is 25.2 Å². The van der Waals surface area contributed by atoms with E-state index in [1.807, 2.05) is 6.07 Å². The molecule has 0 aromatic heterocycles. The lowest BCUT2D eigenvalue weighted by Crippen LogP contribution is -2.52. The van der Waals surface area contributed by atoms with Crippen LogP contribution in [0.5, 0.6) is 0 Å². The Bertz CT molecular complexity index is 534. The number of carbonyl (C=O) groups excluding carboxylic acids is 3. The van der Waals surface area contributed by atoms with Crippen LogP contribution in [0, 0.1) is 0 Å². The molecule has 8 nitrogen and oxygen atoms in total. The number of methoxy groups -OCH3 is 1. The van der Waals surface area contributed by atoms with Gasteiger partial charge in [-0.15, -0.1) is 0 Å². The molecule has 1 aromatic carbocycles. The molecular formula is C15H20N2O6. The van der Waals surface area contributed by atoms with Crippen molar-refractivity contribution in [3.8, 4) is 0 Å². The maximum atomic E-state index is 11.9. The predicted octanol–water partition coefficient (Wildman–Crippen LogP) is -0.0486. The Morgan fingerprint density at radius 3 is 2.39 bits per heavy atom. The van der Waals surface area contributed by atoms with Gasteiger partial charge in [0, 0.05) is 0 Å². The molecule has 0 saturated carbocycles. The monoisotopic (exact) mass is 324 g/mol. The van der Waals surface area contributed by atoms with E-state index in [9.17, 15) is 19.5 Å². The van der Waals surface area contributed by atoms with Crippen molar-refractivity contribution < 1.29 is 29.0 Å². The number of aliphatic hydroxyl groups excluding tert-OH is 1. The minimum absolute atomic E-state index is 0.0327. The Balaban J connectivity index is 2.46. The summed E-state index contributed by atoms with van der Waals surface area (Å²) in [7, 11) is 1.19. The van der Waals surface area contributed by atoms with Crippen LogP contribution in [0.3, 0.4) is 0 Å². The number of ether oxygens (including phenoxy) is 2. The number of hydrogen-bond acceptors (Lipinski definition) is 6. The summed E-state index contributed by atoms with van der Waals surface area (Å²) in [6.07, 6.45) is -0.853. The molecule has 0 aliphatic heterocycles. The van der Waals surface area contributed by atoms with Crippen LogP contribution in [0.15, 0.2) is 30.3 Å². The van der Waals surface area contributed by atoms with Gasteiger partial charge in [-0.1, -0.05) is 30.3 Å². The number of esters is 1. The molecule has 8 heteroatoms. The maximum Gasteiger partial charge on any atom is 0.408 e. The number of rotatable bonds is 7. The van der Waals surface area contributed by atoms with E-state index in [0.717, 1.165) is 5.56 Å². The van der Waals surface area contributed by atoms with Gasteiger partial charge >= 0.3 is 12.1 Å². The summed E-state index contributed by atoms with van der Waals surface area (Å²) in [5, 5.41) is 13.7. The Kier molecular flexibility index (Phi) is 7.55. The van der Waals surface area contributed by atoms with Crippen LogP contribution in [-0.4, -0.2) is 48.9 Å². The molecule has 1 aromatic rings. The second-order valence-corrected chi connectivity index (χ2v) is 4.69. The smallest absolute Gasteiger partial charge is 0.408 e. The van der Waals surface area contributed by atoms with Crippen LogP contribution in [0.25, 0.3) is 0 Å². The average Bonchev–Trinajstić information content (AvgIpc) is 2.57. The molecule has 23 heavy (non-hydrogen) atoms. The van der Waals surface area contributed by atoms with Crippen molar-refractivity contribution in [2.75, 3.05) is 13.7 Å². The van der Waals surface area contributed by atoms with Gasteiger partial charge in [0.2, 0.25) is 5.91 Å². The van der Waals surface area contributed by atoms with Crippen LogP contribution >= 0.6 is 0 Å². The molecular weight excluding hydrogens is 304 g/mol. The van der Waals surface area contributed by atoms with Gasteiger partial charge in [-0.05, 0) is 12.5 Å². The van der Waals surface area contributed by atoms with Crippen LogP contribution < -0.4 is 10.6 Å². The molecule has 2 amide bonds. The first kappa shape index (κ1) is 18.4. The van der Waals surface area contributed by atoms with E-state index in [-0.39, 0.29) is 6.61 Å². The van der Waals surface area contributed by atoms with Crippen molar-refractivity contribution in [2.24, 2.45) is 0 Å². The lowest BCUT2D eigenvalue weighted by atomic mass is 10.2. The van der Waals surface area contributed by atoms with Crippen LogP contribution in [0.2, 0.25) is 0 Å². The first-order valence-corrected chi connectivity index (χ1v) is 6.94. The zero-order chi connectivity index (χ0) is 17.2. The Hall–Kier alpha value is -2.61. The third-order valence-electron chi connectivity index (χ3n) is 2.92. The number of nitrogens with one attached hydrogen (secondary N) is 2. The van der Waals surface area contributed by atoms with Crippen molar-refractivity contribution in [1.82, 2.24) is 10.6 Å². The van der Waals surface area contributed by atoms with Gasteiger partial charge in [0.1, 0.15) is 18.7 Å². The van der Waals surface area contributed by atoms with E-state index >= 15 is 0 Å². The van der Waals surface area contributed by atoms with Crippen molar-refractivity contribution >= 4 is 18.0 Å². The molecule has 0 spiro atoms. The van der Waals surface area contributed by atoms with Gasteiger partial charge in [-0.3, -0.25) is 4.79 Å². The number of benzene rings is 1. The van der Waals surface area contributed by atoms with Gasteiger partial charge in [-0.25, -0.2) is 9.59 Å². The number of aliphatic hydroxyl groups is 1. The number of hydrogen-bond donors (Lipinski definition) is 3. The third-order valence-corrected chi connectivity index (χ3v) is 2.92. The maximum absolute atomic E-state index is 11.9. The van der Waals surface area contributed by atoms with Crippen LogP contribution in [-0.2, 0) is 25.7 Å². The molecule has 0 saturated heterocycles. The van der Waals surface area contributed by atoms with E-state index < -0.39 is 36.7 Å². The largest absolute Gasteiger partial charge is 0.467 e. The fourth-order valence-corrected chi connectivity index (χ4v) is 1.65. The van der Waals surface area contributed by atoms with Gasteiger partial charge in [0.15, 0.2) is 0 Å². The Labute approximate surface area is 133 Å². The summed E-state index contributed by atoms with van der Waals surface area (Å²) in [5.41, 5.74) is 0.784. The summed E-state index contributed by atoms with van der Waals surface area (Å²) >= 11 is 0. The Morgan fingerprint density at radius 1 is 1.17 bits per heavy atom. The molecule has 2 atom stereocenters. The molecule has 0 fully saturated rings. The van der Waals surface area contributed by atoms with Crippen molar-refractivity contribution in [3.05, 3.63) is 35.9 Å². The molecule has 0 bridgehead atoms. The van der Waals surface area contributed by atoms with Crippen molar-refractivity contribution in [1.29, 1.82) is 0 Å². The van der Waals surface area contributed by atoms with E-state index in [1.54, 1.807) is 24.3 Å². The highest BCUT2D eigenvalue weighted by molar-refractivity contribution is 5.89. The highest BCUT2D eigenvalue weighted by Crippen LogP contribution is 2.01. The summed E-state index contributed by atoms with van der Waals surface area (Å²) in [6, 6.07) is 6.86. The van der Waals surface area contributed by atoms with Crippen molar-refractivity contribution in [2.45, 2.75) is 25.6 Å². The van der Waals surface area contributed by atoms with E-state index in [4.69, 9.17) is 4.74 Å². The Morgan fingerprint density at radius 2 is 1.83 bits per heavy atom. The highest BCUT2D eigenvalue weighted by atomic mass is 16.5. The van der Waals surface area contributed by atoms with Crippen molar-refractivity contribution in [3.63, 3.8) is 0 Å². The zero-order valence-electron chi connectivity index (χ0n) is 12.9. The minimum atomic E-state index is -1.23. The summed E-state index contributed by atoms with van der Waals surface area (Å²) < 4.78 is 9.42. The van der Waals surface area contributed by atoms with E-state index in [2.05, 4.69) is 15.4 Å². The molecule has 1 rings (SSSR count). The first-order chi connectivity index (χ1) is 11.0. The standard InChI is InChI=1S/C15H20N2O6/c1-10(14(20)22-2)16-13(19)12(8-18)17-15(21)23-9-11-6-4-3-5-7-11/h3-7,10,12,18H,8-9H2,1-2H3,(H,16,19)(H,17,21)/t10-,12-/m1/s1. The first-order valence-electron chi connectivity index (χ1n) is 6.94. The van der Waals surface area contributed by atoms with Crippen LogP contribution in [0.1, 0.15) is 12.5 Å². The average molecular weight is 324 g/mol. The molecule has 0 aliphatic rings. The van der Waals surface area contributed by atoms with E-state index in [1.165, 1.54) is 14.0 Å². The molecule has 0 unspecified atom stereocenters. The zero-order valence-corrected chi connectivity index (χ0v) is 12.9. The van der Waals surface area contributed by atoms with E-state index in [0.29, 0.717) is 0 Å². The summed E-state index contributed by atoms with van der Waals surface area (Å²) in [6.45, 7) is 0.817. The summed E-state index contributed by atoms with van der Waals surface area (Å²) in [4.78, 5) is 34.7. The second-order valence-electron chi connectivity index (χ2n) is 4.69. The molecule has 0 heterocycles. The number of alkyl carbamates (subject to hydrolysis) is 1. The topological polar surface area (TPSA) is 114 Å². The lowest BCUT2D eigenvalue weighted by Gasteiger charge is -2.18. The second kappa shape index (κ2) is 9.42.